The zero-order valence-corrected chi connectivity index (χ0v) is 17.9. The minimum absolute atomic E-state index is 0.0825. The van der Waals surface area contributed by atoms with E-state index in [0.717, 1.165) is 16.7 Å². The summed E-state index contributed by atoms with van der Waals surface area (Å²) in [7, 11) is -3.97. The first-order chi connectivity index (χ1) is 15.0. The lowest BCUT2D eigenvalue weighted by Crippen LogP contribution is -2.29. The van der Waals surface area contributed by atoms with E-state index in [1.807, 2.05) is 67.6 Å². The van der Waals surface area contributed by atoms with Gasteiger partial charge in [-0.05, 0) is 36.3 Å². The van der Waals surface area contributed by atoms with Crippen LogP contribution in [0.3, 0.4) is 0 Å². The van der Waals surface area contributed by atoms with Crippen molar-refractivity contribution < 1.29 is 17.9 Å². The predicted molar refractivity (Wildman–Crippen MR) is 120 cm³/mol. The maximum Gasteiger partial charge on any atom is 0.401 e. The van der Waals surface area contributed by atoms with Gasteiger partial charge in [-0.1, -0.05) is 89.3 Å². The Morgan fingerprint density at radius 1 is 0.871 bits per heavy atom. The number of aryl methyl sites for hydroxylation is 1. The van der Waals surface area contributed by atoms with Crippen molar-refractivity contribution in [2.45, 2.75) is 29.9 Å². The number of sulfonamides is 1. The Morgan fingerprint density at radius 3 is 1.94 bits per heavy atom. The smallest absolute Gasteiger partial charge is 0.401 e. The number of nitrogens with zero attached hydrogens (tertiary/aromatic N) is 1. The molecule has 0 saturated carbocycles. The second-order valence-corrected chi connectivity index (χ2v) is 8.95. The van der Waals surface area contributed by atoms with E-state index in [1.54, 1.807) is 18.2 Å². The summed E-state index contributed by atoms with van der Waals surface area (Å²) in [6.45, 7) is 5.74. The Labute approximate surface area is 182 Å². The van der Waals surface area contributed by atoms with Crippen LogP contribution in [0.25, 0.3) is 0 Å². The molecule has 0 aliphatic carbocycles. The lowest BCUT2D eigenvalue weighted by Gasteiger charge is -2.25. The van der Waals surface area contributed by atoms with Crippen LogP contribution in [-0.2, 0) is 19.5 Å². The molecule has 31 heavy (non-hydrogen) atoms. The summed E-state index contributed by atoms with van der Waals surface area (Å²) in [5.74, 6) is -0.194. The van der Waals surface area contributed by atoms with Crippen LogP contribution < -0.4 is 0 Å². The van der Waals surface area contributed by atoms with Crippen LogP contribution in [0.15, 0.2) is 107 Å². The van der Waals surface area contributed by atoms with Crippen molar-refractivity contribution in [3.8, 4) is 0 Å². The fourth-order valence-corrected chi connectivity index (χ4v) is 4.50. The summed E-state index contributed by atoms with van der Waals surface area (Å²) in [5.41, 5.74) is 3.01. The molecule has 0 aromatic heterocycles. The van der Waals surface area contributed by atoms with Crippen molar-refractivity contribution in [1.82, 2.24) is 0 Å². The number of benzene rings is 3. The van der Waals surface area contributed by atoms with Crippen LogP contribution in [0.4, 0.5) is 0 Å². The molecule has 4 rings (SSSR count). The number of rotatable bonds is 6. The Morgan fingerprint density at radius 2 is 1.42 bits per heavy atom. The molecular formula is C25H23NO4S. The SMILES string of the molecule is C=C[C@H]1O/C(=N/S(=O)(=O)c2ccc(C)cc2)O[C@@H]1C(c1ccccc1)c1ccccc1. The molecule has 158 valence electrons. The van der Waals surface area contributed by atoms with E-state index >= 15 is 0 Å². The molecule has 6 heteroatoms. The van der Waals surface area contributed by atoms with Gasteiger partial charge in [0, 0.05) is 0 Å². The van der Waals surface area contributed by atoms with Gasteiger partial charge in [0.05, 0.1) is 10.8 Å². The molecule has 1 heterocycles. The second-order valence-electron chi connectivity index (χ2n) is 7.34. The molecule has 1 fully saturated rings. The molecule has 1 saturated heterocycles. The third-order valence-corrected chi connectivity index (χ3v) is 6.45. The maximum atomic E-state index is 12.7. The maximum absolute atomic E-state index is 12.7. The van der Waals surface area contributed by atoms with Crippen molar-refractivity contribution in [3.05, 3.63) is 114 Å². The van der Waals surface area contributed by atoms with Crippen molar-refractivity contribution in [1.29, 1.82) is 0 Å². The normalized spacial score (nSPS) is 19.7. The van der Waals surface area contributed by atoms with Crippen LogP contribution in [0.1, 0.15) is 22.6 Å². The molecular weight excluding hydrogens is 410 g/mol. The van der Waals surface area contributed by atoms with Crippen LogP contribution >= 0.6 is 0 Å². The number of ether oxygens (including phenoxy) is 2. The molecule has 0 amide bonds. The highest BCUT2D eigenvalue weighted by Crippen LogP contribution is 2.36. The third kappa shape index (κ3) is 4.54. The van der Waals surface area contributed by atoms with Gasteiger partial charge in [0.2, 0.25) is 0 Å². The van der Waals surface area contributed by atoms with Gasteiger partial charge < -0.3 is 9.47 Å². The Balaban J connectivity index is 1.70. The van der Waals surface area contributed by atoms with E-state index < -0.39 is 22.2 Å². The Bertz CT molecular complexity index is 1130. The van der Waals surface area contributed by atoms with Crippen molar-refractivity contribution >= 4 is 16.1 Å². The van der Waals surface area contributed by atoms with Crippen LogP contribution in [0, 0.1) is 6.92 Å². The molecule has 3 aromatic rings. The van der Waals surface area contributed by atoms with E-state index in [4.69, 9.17) is 9.47 Å². The van der Waals surface area contributed by atoms with Gasteiger partial charge in [-0.3, -0.25) is 0 Å². The molecule has 0 radical (unpaired) electrons. The average molecular weight is 434 g/mol. The Hall–Kier alpha value is -3.38. The van der Waals surface area contributed by atoms with Gasteiger partial charge in [-0.25, -0.2) is 0 Å². The molecule has 0 bridgehead atoms. The topological polar surface area (TPSA) is 65.0 Å². The first-order valence-electron chi connectivity index (χ1n) is 9.95. The first kappa shape index (κ1) is 20.9. The minimum atomic E-state index is -3.97. The van der Waals surface area contributed by atoms with E-state index in [2.05, 4.69) is 11.0 Å². The average Bonchev–Trinajstić information content (AvgIpc) is 3.17. The van der Waals surface area contributed by atoms with Crippen LogP contribution in [-0.4, -0.2) is 26.7 Å². The van der Waals surface area contributed by atoms with E-state index in [0.29, 0.717) is 0 Å². The van der Waals surface area contributed by atoms with Crippen molar-refractivity contribution in [2.75, 3.05) is 0 Å². The van der Waals surface area contributed by atoms with Crippen LogP contribution in [0.5, 0.6) is 0 Å². The fourth-order valence-electron chi connectivity index (χ4n) is 3.63. The molecule has 1 aliphatic heterocycles. The highest BCUT2D eigenvalue weighted by molar-refractivity contribution is 7.90. The summed E-state index contributed by atoms with van der Waals surface area (Å²) in [6.07, 6.45) is 0.267. The molecule has 0 unspecified atom stereocenters. The number of hydrogen-bond acceptors (Lipinski definition) is 4. The predicted octanol–water partition coefficient (Wildman–Crippen LogP) is 4.84. The second kappa shape index (κ2) is 8.78. The summed E-state index contributed by atoms with van der Waals surface area (Å²) in [6, 6.07) is 26.3. The van der Waals surface area contributed by atoms with Gasteiger partial charge >= 0.3 is 6.08 Å². The Kier molecular flexibility index (Phi) is 5.91. The van der Waals surface area contributed by atoms with E-state index in [-0.39, 0.29) is 16.9 Å². The molecule has 2 atom stereocenters. The largest absolute Gasteiger partial charge is 0.441 e. The van der Waals surface area contributed by atoms with E-state index in [1.165, 1.54) is 12.1 Å². The summed E-state index contributed by atoms with van der Waals surface area (Å²) >= 11 is 0. The molecule has 5 nitrogen and oxygen atoms in total. The molecule has 0 N–H and O–H groups in total. The molecule has 3 aromatic carbocycles. The number of hydrogen-bond donors (Lipinski definition) is 0. The third-order valence-electron chi connectivity index (χ3n) is 5.19. The highest BCUT2D eigenvalue weighted by atomic mass is 32.2. The fraction of sp³-hybridized carbons (Fsp3) is 0.160. The van der Waals surface area contributed by atoms with Crippen LogP contribution in [0.2, 0.25) is 0 Å². The lowest BCUT2D eigenvalue weighted by atomic mass is 9.84. The highest BCUT2D eigenvalue weighted by Gasteiger charge is 2.41. The lowest BCUT2D eigenvalue weighted by molar-refractivity contribution is 0.172. The quantitative estimate of drug-likeness (QED) is 0.522. The monoisotopic (exact) mass is 433 g/mol. The van der Waals surface area contributed by atoms with Gasteiger partial charge in [0.1, 0.15) is 0 Å². The van der Waals surface area contributed by atoms with Gasteiger partial charge in [-0.15, -0.1) is 0 Å². The molecule has 0 spiro atoms. The summed E-state index contributed by atoms with van der Waals surface area (Å²) in [5, 5.41) is 0. The summed E-state index contributed by atoms with van der Waals surface area (Å²) in [4.78, 5) is 0.0825. The van der Waals surface area contributed by atoms with Gasteiger partial charge in [0.25, 0.3) is 10.0 Å². The summed E-state index contributed by atoms with van der Waals surface area (Å²) < 4.78 is 41.1. The zero-order valence-electron chi connectivity index (χ0n) is 17.1. The van der Waals surface area contributed by atoms with Gasteiger partial charge in [0.15, 0.2) is 12.2 Å². The standard InChI is InChI=1S/C25H23NO4S/c1-3-22-24(23(19-10-6-4-7-11-19)20-12-8-5-9-13-20)30-25(29-22)26-31(27,28)21-16-14-18(2)15-17-21/h3-17,22-24H,1H2,2H3/b26-25-/t22-,24+/m1/s1. The van der Waals surface area contributed by atoms with Gasteiger partial charge in [-0.2, -0.15) is 8.42 Å². The van der Waals surface area contributed by atoms with Crippen molar-refractivity contribution in [2.24, 2.45) is 4.40 Å². The van der Waals surface area contributed by atoms with E-state index in [9.17, 15) is 8.42 Å². The zero-order chi connectivity index (χ0) is 21.8. The van der Waals surface area contributed by atoms with Crippen molar-refractivity contribution in [3.63, 3.8) is 0 Å². The molecule has 1 aliphatic rings. The first-order valence-corrected chi connectivity index (χ1v) is 11.4. The minimum Gasteiger partial charge on any atom is -0.441 e.